The smallest absolute Gasteiger partial charge is 0.335 e. The quantitative estimate of drug-likeness (QED) is 0.274. The van der Waals surface area contributed by atoms with Crippen molar-refractivity contribution < 1.29 is 23.5 Å². The zero-order chi connectivity index (χ0) is 25.2. The normalized spacial score (nSPS) is 14.9. The van der Waals surface area contributed by atoms with Crippen molar-refractivity contribution in [2.45, 2.75) is 6.61 Å². The van der Waals surface area contributed by atoms with E-state index in [0.29, 0.717) is 16.3 Å². The molecule has 6 nitrogen and oxygen atoms in total. The van der Waals surface area contributed by atoms with Crippen molar-refractivity contribution in [2.75, 3.05) is 4.90 Å². The number of nitrogens with one attached hydrogen (secondary N) is 1. The van der Waals surface area contributed by atoms with Crippen molar-refractivity contribution in [1.29, 1.82) is 0 Å². The first kappa shape index (κ1) is 23.3. The van der Waals surface area contributed by atoms with Gasteiger partial charge in [0.2, 0.25) is 0 Å². The number of urea groups is 1. The summed E-state index contributed by atoms with van der Waals surface area (Å²) in [6.07, 6.45) is 1.39. The molecule has 1 saturated heterocycles. The summed E-state index contributed by atoms with van der Waals surface area (Å²) in [4.78, 5) is 39.3. The molecule has 0 saturated carbocycles. The van der Waals surface area contributed by atoms with Crippen LogP contribution in [-0.4, -0.2) is 17.8 Å². The molecule has 4 aromatic rings. The molecule has 0 aliphatic carbocycles. The summed E-state index contributed by atoms with van der Waals surface area (Å²) in [5.41, 5.74) is 0.953. The van der Waals surface area contributed by atoms with E-state index in [4.69, 9.17) is 16.3 Å². The standard InChI is InChI=1S/C28H18ClFN2O4/c29-24-11-4-2-7-18(24)16-36-25-13-12-17-6-1-3-10-21(17)22(25)15-23-26(33)31-28(35)32(27(23)34)20-9-5-8-19(30)14-20/h1-15H,16H2,(H,31,33,35)/b23-15+. The highest BCUT2D eigenvalue weighted by Crippen LogP contribution is 2.33. The van der Waals surface area contributed by atoms with Gasteiger partial charge < -0.3 is 4.74 Å². The molecule has 4 amide bonds. The highest BCUT2D eigenvalue weighted by molar-refractivity contribution is 6.39. The molecule has 0 bridgehead atoms. The highest BCUT2D eigenvalue weighted by atomic mass is 35.5. The molecule has 5 rings (SSSR count). The average Bonchev–Trinajstić information content (AvgIpc) is 2.86. The molecule has 0 radical (unpaired) electrons. The Bertz CT molecular complexity index is 1570. The molecule has 1 aliphatic rings. The molecule has 0 atom stereocenters. The van der Waals surface area contributed by atoms with Gasteiger partial charge in [0.25, 0.3) is 11.8 Å². The minimum absolute atomic E-state index is 0.00372. The Kier molecular flexibility index (Phi) is 6.23. The van der Waals surface area contributed by atoms with Crippen molar-refractivity contribution in [3.8, 4) is 5.75 Å². The van der Waals surface area contributed by atoms with Gasteiger partial charge in [0, 0.05) is 16.1 Å². The lowest BCUT2D eigenvalue weighted by molar-refractivity contribution is -0.122. The number of barbiturate groups is 1. The summed E-state index contributed by atoms with van der Waals surface area (Å²) in [6, 6.07) is 22.3. The molecule has 1 aliphatic heterocycles. The molecule has 8 heteroatoms. The molecule has 36 heavy (non-hydrogen) atoms. The Morgan fingerprint density at radius 1 is 0.917 bits per heavy atom. The number of benzene rings is 4. The van der Waals surface area contributed by atoms with E-state index in [1.54, 1.807) is 12.1 Å². The van der Waals surface area contributed by atoms with Gasteiger partial charge in [0.05, 0.1) is 5.69 Å². The predicted octanol–water partition coefficient (Wildman–Crippen LogP) is 5.88. The molecule has 0 unspecified atom stereocenters. The van der Waals surface area contributed by atoms with E-state index in [9.17, 15) is 18.8 Å². The van der Waals surface area contributed by atoms with Gasteiger partial charge in [0.15, 0.2) is 0 Å². The van der Waals surface area contributed by atoms with Gasteiger partial charge in [-0.15, -0.1) is 0 Å². The monoisotopic (exact) mass is 500 g/mol. The Labute approximate surface area is 210 Å². The maximum atomic E-state index is 13.8. The van der Waals surface area contributed by atoms with Crippen LogP contribution in [0.1, 0.15) is 11.1 Å². The zero-order valence-electron chi connectivity index (χ0n) is 18.7. The second kappa shape index (κ2) is 9.64. The lowest BCUT2D eigenvalue weighted by atomic mass is 9.99. The first-order chi connectivity index (χ1) is 17.4. The molecule has 1 fully saturated rings. The Hall–Kier alpha value is -4.49. The summed E-state index contributed by atoms with van der Waals surface area (Å²) in [6.45, 7) is 0.155. The fraction of sp³-hybridized carbons (Fsp3) is 0.0357. The van der Waals surface area contributed by atoms with Crippen LogP contribution in [0.25, 0.3) is 16.8 Å². The van der Waals surface area contributed by atoms with E-state index in [1.807, 2.05) is 48.5 Å². The molecular weight excluding hydrogens is 483 g/mol. The molecule has 178 valence electrons. The van der Waals surface area contributed by atoms with Crippen LogP contribution in [0.15, 0.2) is 90.5 Å². The second-order valence-electron chi connectivity index (χ2n) is 8.02. The average molecular weight is 501 g/mol. The van der Waals surface area contributed by atoms with Gasteiger partial charge >= 0.3 is 6.03 Å². The Morgan fingerprint density at radius 3 is 2.50 bits per heavy atom. The van der Waals surface area contributed by atoms with Crippen molar-refractivity contribution in [3.63, 3.8) is 0 Å². The van der Waals surface area contributed by atoms with Crippen LogP contribution in [0.5, 0.6) is 5.75 Å². The second-order valence-corrected chi connectivity index (χ2v) is 8.42. The summed E-state index contributed by atoms with van der Waals surface area (Å²) in [7, 11) is 0. The fourth-order valence-corrected chi connectivity index (χ4v) is 4.16. The van der Waals surface area contributed by atoms with E-state index >= 15 is 0 Å². The third-order valence-corrected chi connectivity index (χ3v) is 6.10. The van der Waals surface area contributed by atoms with E-state index in [2.05, 4.69) is 5.32 Å². The lowest BCUT2D eigenvalue weighted by Gasteiger charge is -2.26. The summed E-state index contributed by atoms with van der Waals surface area (Å²) in [5.74, 6) is -1.95. The SMILES string of the molecule is O=C1NC(=O)N(c2cccc(F)c2)C(=O)/C1=C/c1c(OCc2ccccc2Cl)ccc2ccccc12. The van der Waals surface area contributed by atoms with Crippen LogP contribution in [0.3, 0.4) is 0 Å². The minimum Gasteiger partial charge on any atom is -0.488 e. The molecule has 0 aromatic heterocycles. The van der Waals surface area contributed by atoms with Crippen molar-refractivity contribution in [3.05, 3.63) is 112 Å². The van der Waals surface area contributed by atoms with E-state index in [0.717, 1.165) is 27.3 Å². The number of ether oxygens (including phenoxy) is 1. The number of carbonyl (C=O) groups is 3. The third-order valence-electron chi connectivity index (χ3n) is 5.73. The summed E-state index contributed by atoms with van der Waals surface area (Å²) in [5, 5.41) is 4.30. The van der Waals surface area contributed by atoms with Gasteiger partial charge in [-0.05, 0) is 47.2 Å². The van der Waals surface area contributed by atoms with E-state index in [1.165, 1.54) is 24.3 Å². The number of fused-ring (bicyclic) bond motifs is 1. The number of amides is 4. The number of carbonyl (C=O) groups excluding carboxylic acids is 3. The van der Waals surface area contributed by atoms with Gasteiger partial charge in [-0.3, -0.25) is 14.9 Å². The van der Waals surface area contributed by atoms with Crippen LogP contribution in [0.2, 0.25) is 5.02 Å². The number of rotatable bonds is 5. The topological polar surface area (TPSA) is 75.7 Å². The predicted molar refractivity (Wildman–Crippen MR) is 135 cm³/mol. The summed E-state index contributed by atoms with van der Waals surface area (Å²) >= 11 is 6.26. The van der Waals surface area contributed by atoms with Crippen LogP contribution in [0, 0.1) is 5.82 Å². The van der Waals surface area contributed by atoms with Crippen LogP contribution in [0.4, 0.5) is 14.9 Å². The van der Waals surface area contributed by atoms with Gasteiger partial charge in [-0.1, -0.05) is 66.2 Å². The number of imide groups is 2. The lowest BCUT2D eigenvalue weighted by Crippen LogP contribution is -2.54. The summed E-state index contributed by atoms with van der Waals surface area (Å²) < 4.78 is 19.9. The molecule has 4 aromatic carbocycles. The highest BCUT2D eigenvalue weighted by Gasteiger charge is 2.37. The number of halogens is 2. The van der Waals surface area contributed by atoms with Gasteiger partial charge in [-0.2, -0.15) is 0 Å². The fourth-order valence-electron chi connectivity index (χ4n) is 3.97. The first-order valence-electron chi connectivity index (χ1n) is 11.0. The zero-order valence-corrected chi connectivity index (χ0v) is 19.5. The van der Waals surface area contributed by atoms with Crippen LogP contribution in [-0.2, 0) is 16.2 Å². The van der Waals surface area contributed by atoms with Gasteiger partial charge in [0.1, 0.15) is 23.7 Å². The number of hydrogen-bond acceptors (Lipinski definition) is 4. The van der Waals surface area contributed by atoms with E-state index in [-0.39, 0.29) is 17.9 Å². The molecule has 0 spiro atoms. The first-order valence-corrected chi connectivity index (χ1v) is 11.3. The third kappa shape index (κ3) is 4.44. The Morgan fingerprint density at radius 2 is 1.69 bits per heavy atom. The van der Waals surface area contributed by atoms with Gasteiger partial charge in [-0.25, -0.2) is 14.1 Å². The largest absolute Gasteiger partial charge is 0.488 e. The van der Waals surface area contributed by atoms with Crippen molar-refractivity contribution in [2.24, 2.45) is 0 Å². The number of hydrogen-bond donors (Lipinski definition) is 1. The Balaban J connectivity index is 1.59. The minimum atomic E-state index is -0.958. The van der Waals surface area contributed by atoms with Crippen LogP contribution >= 0.6 is 11.6 Å². The molecule has 1 N–H and O–H groups in total. The molecular formula is C28H18ClFN2O4. The van der Waals surface area contributed by atoms with Crippen molar-refractivity contribution in [1.82, 2.24) is 5.32 Å². The maximum Gasteiger partial charge on any atom is 0.335 e. The van der Waals surface area contributed by atoms with Crippen LogP contribution < -0.4 is 15.0 Å². The maximum absolute atomic E-state index is 13.8. The van der Waals surface area contributed by atoms with Crippen molar-refractivity contribution >= 4 is 52.0 Å². The van der Waals surface area contributed by atoms with E-state index < -0.39 is 23.7 Å². The molecule has 1 heterocycles. The number of nitrogens with zero attached hydrogens (tertiary/aromatic N) is 1. The number of anilines is 1.